The van der Waals surface area contributed by atoms with Crippen molar-refractivity contribution in [1.82, 2.24) is 4.98 Å². The van der Waals surface area contributed by atoms with Crippen molar-refractivity contribution in [1.29, 1.82) is 0 Å². The van der Waals surface area contributed by atoms with Crippen molar-refractivity contribution in [2.24, 2.45) is 0 Å². The molecule has 0 radical (unpaired) electrons. The van der Waals surface area contributed by atoms with Crippen molar-refractivity contribution < 1.29 is 4.79 Å². The lowest BCUT2D eigenvalue weighted by molar-refractivity contribution is -0.113. The van der Waals surface area contributed by atoms with Crippen LogP contribution in [0.4, 0.5) is 5.13 Å². The summed E-state index contributed by atoms with van der Waals surface area (Å²) >= 11 is 3.06. The number of fused-ring (bicyclic) bond motifs is 1. The van der Waals surface area contributed by atoms with Gasteiger partial charge in [-0.1, -0.05) is 66.7 Å². The SMILES string of the molecule is O=C(CSCc1ccccc1)Nc1nc(-c2ccc3ccccc3c2)cs1. The van der Waals surface area contributed by atoms with Crippen LogP contribution in [0.2, 0.25) is 0 Å². The van der Waals surface area contributed by atoms with Crippen LogP contribution < -0.4 is 5.32 Å². The van der Waals surface area contributed by atoms with Gasteiger partial charge in [0.1, 0.15) is 0 Å². The number of carbonyl (C=O) groups is 1. The number of carbonyl (C=O) groups excluding carboxylic acids is 1. The molecule has 5 heteroatoms. The minimum Gasteiger partial charge on any atom is -0.301 e. The van der Waals surface area contributed by atoms with E-state index in [0.29, 0.717) is 10.9 Å². The molecule has 0 aliphatic carbocycles. The average molecular weight is 391 g/mol. The van der Waals surface area contributed by atoms with Crippen LogP contribution in [0.1, 0.15) is 5.56 Å². The van der Waals surface area contributed by atoms with Crippen molar-refractivity contribution in [3.63, 3.8) is 0 Å². The third-order valence-electron chi connectivity index (χ3n) is 4.14. The summed E-state index contributed by atoms with van der Waals surface area (Å²) in [5, 5.41) is 7.92. The molecule has 1 heterocycles. The van der Waals surface area contributed by atoms with Gasteiger partial charge in [-0.25, -0.2) is 4.98 Å². The van der Waals surface area contributed by atoms with Gasteiger partial charge in [0.05, 0.1) is 11.4 Å². The van der Waals surface area contributed by atoms with E-state index in [4.69, 9.17) is 0 Å². The van der Waals surface area contributed by atoms with E-state index >= 15 is 0 Å². The summed E-state index contributed by atoms with van der Waals surface area (Å²) in [7, 11) is 0. The number of hydrogen-bond acceptors (Lipinski definition) is 4. The maximum absolute atomic E-state index is 12.2. The second kappa shape index (κ2) is 8.37. The van der Waals surface area contributed by atoms with Crippen LogP contribution in [-0.2, 0) is 10.5 Å². The molecule has 0 unspecified atom stereocenters. The zero-order valence-electron chi connectivity index (χ0n) is 14.6. The Bertz CT molecular complexity index is 1060. The normalized spacial score (nSPS) is 10.8. The number of rotatable bonds is 6. The Labute approximate surface area is 166 Å². The number of hydrogen-bond donors (Lipinski definition) is 1. The summed E-state index contributed by atoms with van der Waals surface area (Å²) in [6.45, 7) is 0. The number of aromatic nitrogens is 1. The quantitative estimate of drug-likeness (QED) is 0.450. The van der Waals surface area contributed by atoms with Gasteiger partial charge in [0, 0.05) is 16.7 Å². The van der Waals surface area contributed by atoms with Crippen molar-refractivity contribution in [2.75, 3.05) is 11.1 Å². The van der Waals surface area contributed by atoms with E-state index in [1.807, 2.05) is 35.7 Å². The second-order valence-electron chi connectivity index (χ2n) is 6.13. The molecular formula is C22H18N2OS2. The lowest BCUT2D eigenvalue weighted by Gasteiger charge is -2.03. The van der Waals surface area contributed by atoms with Gasteiger partial charge in [-0.3, -0.25) is 4.79 Å². The highest BCUT2D eigenvalue weighted by molar-refractivity contribution is 7.99. The molecule has 27 heavy (non-hydrogen) atoms. The Morgan fingerprint density at radius 1 is 0.963 bits per heavy atom. The first-order valence-electron chi connectivity index (χ1n) is 8.64. The lowest BCUT2D eigenvalue weighted by atomic mass is 10.1. The average Bonchev–Trinajstić information content (AvgIpc) is 3.17. The van der Waals surface area contributed by atoms with Crippen molar-refractivity contribution in [2.45, 2.75) is 5.75 Å². The number of nitrogens with zero attached hydrogens (tertiary/aromatic N) is 1. The highest BCUT2D eigenvalue weighted by Crippen LogP contribution is 2.27. The lowest BCUT2D eigenvalue weighted by Crippen LogP contribution is -2.13. The van der Waals surface area contributed by atoms with Crippen molar-refractivity contribution in [3.05, 3.63) is 83.7 Å². The van der Waals surface area contributed by atoms with Gasteiger partial charge < -0.3 is 5.32 Å². The molecule has 3 nitrogen and oxygen atoms in total. The minimum atomic E-state index is -0.0182. The molecule has 0 saturated carbocycles. The summed E-state index contributed by atoms with van der Waals surface area (Å²) in [6, 6.07) is 24.7. The molecule has 3 aromatic carbocycles. The summed E-state index contributed by atoms with van der Waals surface area (Å²) in [4.78, 5) is 16.7. The van der Waals surface area contributed by atoms with Gasteiger partial charge in [-0.15, -0.1) is 23.1 Å². The molecule has 0 atom stereocenters. The molecule has 134 valence electrons. The largest absolute Gasteiger partial charge is 0.301 e. The van der Waals surface area contributed by atoms with Crippen LogP contribution in [0.3, 0.4) is 0 Å². The van der Waals surface area contributed by atoms with E-state index in [2.05, 4.69) is 52.8 Å². The smallest absolute Gasteiger partial charge is 0.236 e. The number of anilines is 1. The van der Waals surface area contributed by atoms with Crippen molar-refractivity contribution in [3.8, 4) is 11.3 Å². The Kier molecular flexibility index (Phi) is 5.51. The van der Waals surface area contributed by atoms with Gasteiger partial charge >= 0.3 is 0 Å². The zero-order valence-corrected chi connectivity index (χ0v) is 16.2. The van der Waals surface area contributed by atoms with Gasteiger partial charge in [0.2, 0.25) is 5.91 Å². The minimum absolute atomic E-state index is 0.0182. The van der Waals surface area contributed by atoms with Gasteiger partial charge in [0.15, 0.2) is 5.13 Å². The van der Waals surface area contributed by atoms with Gasteiger partial charge in [-0.2, -0.15) is 0 Å². The van der Waals surface area contributed by atoms with E-state index in [-0.39, 0.29) is 5.91 Å². The van der Waals surface area contributed by atoms with Crippen LogP contribution in [0.5, 0.6) is 0 Å². The Hall–Kier alpha value is -2.63. The van der Waals surface area contributed by atoms with Gasteiger partial charge in [-0.05, 0) is 22.4 Å². The van der Waals surface area contributed by atoms with Crippen LogP contribution >= 0.6 is 23.1 Å². The fraction of sp³-hybridized carbons (Fsp3) is 0.0909. The monoisotopic (exact) mass is 390 g/mol. The molecule has 0 saturated heterocycles. The van der Waals surface area contributed by atoms with E-state index in [0.717, 1.165) is 17.0 Å². The molecule has 0 aliphatic heterocycles. The molecule has 0 bridgehead atoms. The fourth-order valence-corrected chi connectivity index (χ4v) is 4.33. The molecule has 1 amide bonds. The zero-order chi connectivity index (χ0) is 18.5. The fourth-order valence-electron chi connectivity index (χ4n) is 2.80. The predicted octanol–water partition coefficient (Wildman–Crippen LogP) is 5.84. The van der Waals surface area contributed by atoms with Crippen LogP contribution in [0.25, 0.3) is 22.0 Å². The predicted molar refractivity (Wildman–Crippen MR) is 116 cm³/mol. The highest BCUT2D eigenvalue weighted by atomic mass is 32.2. The summed E-state index contributed by atoms with van der Waals surface area (Å²) in [5.41, 5.74) is 3.17. The third kappa shape index (κ3) is 4.56. The number of benzene rings is 3. The van der Waals surface area contributed by atoms with Crippen LogP contribution in [0, 0.1) is 0 Å². The first kappa shape index (κ1) is 17.8. The summed E-state index contributed by atoms with van der Waals surface area (Å²) < 4.78 is 0. The summed E-state index contributed by atoms with van der Waals surface area (Å²) in [5.74, 6) is 1.23. The highest BCUT2D eigenvalue weighted by Gasteiger charge is 2.09. The van der Waals surface area contributed by atoms with Crippen molar-refractivity contribution >= 4 is 44.9 Å². The Morgan fingerprint density at radius 3 is 2.59 bits per heavy atom. The Morgan fingerprint density at radius 2 is 1.74 bits per heavy atom. The first-order valence-corrected chi connectivity index (χ1v) is 10.7. The van der Waals surface area contributed by atoms with E-state index < -0.39 is 0 Å². The standard InChI is InChI=1S/C22H18N2OS2/c25-21(15-26-13-16-6-2-1-3-7-16)24-22-23-20(14-27-22)19-11-10-17-8-4-5-9-18(17)12-19/h1-12,14H,13,15H2,(H,23,24,25). The van der Waals surface area contributed by atoms with Crippen LogP contribution in [0.15, 0.2) is 78.2 Å². The molecule has 0 spiro atoms. The molecule has 4 aromatic rings. The topological polar surface area (TPSA) is 42.0 Å². The van der Waals surface area contributed by atoms with E-state index in [1.165, 1.54) is 27.7 Å². The molecule has 0 fully saturated rings. The number of nitrogens with one attached hydrogen (secondary N) is 1. The van der Waals surface area contributed by atoms with Gasteiger partial charge in [0.25, 0.3) is 0 Å². The summed E-state index contributed by atoms with van der Waals surface area (Å²) in [6.07, 6.45) is 0. The number of thioether (sulfide) groups is 1. The Balaban J connectivity index is 1.36. The molecule has 0 aliphatic rings. The number of thiazole rings is 1. The molecule has 1 N–H and O–H groups in total. The first-order chi connectivity index (χ1) is 13.3. The number of amides is 1. The van der Waals surface area contributed by atoms with E-state index in [9.17, 15) is 4.79 Å². The van der Waals surface area contributed by atoms with Crippen LogP contribution in [-0.4, -0.2) is 16.6 Å². The molecule has 1 aromatic heterocycles. The molecule has 4 rings (SSSR count). The van der Waals surface area contributed by atoms with E-state index in [1.54, 1.807) is 11.8 Å². The second-order valence-corrected chi connectivity index (χ2v) is 7.97. The third-order valence-corrected chi connectivity index (χ3v) is 5.90. The maximum Gasteiger partial charge on any atom is 0.236 e. The maximum atomic E-state index is 12.2. The molecular weight excluding hydrogens is 372 g/mol.